The number of benzene rings is 1. The molecule has 0 atom stereocenters. The zero-order valence-corrected chi connectivity index (χ0v) is 11.9. The van der Waals surface area contributed by atoms with Crippen molar-refractivity contribution in [2.24, 2.45) is 0 Å². The molecule has 19 heavy (non-hydrogen) atoms. The first-order valence-electron chi connectivity index (χ1n) is 6.00. The number of amides is 1. The van der Waals surface area contributed by atoms with Gasteiger partial charge in [-0.15, -0.1) is 0 Å². The molecule has 6 nitrogen and oxygen atoms in total. The van der Waals surface area contributed by atoms with Gasteiger partial charge in [0.15, 0.2) is 0 Å². The maximum absolute atomic E-state index is 12.1. The molecule has 0 aromatic heterocycles. The highest BCUT2D eigenvalue weighted by Gasteiger charge is 2.19. The van der Waals surface area contributed by atoms with E-state index in [1.54, 1.807) is 26.0 Å². The van der Waals surface area contributed by atoms with Gasteiger partial charge in [0.2, 0.25) is 15.9 Å². The molecule has 0 bridgehead atoms. The van der Waals surface area contributed by atoms with E-state index in [9.17, 15) is 13.2 Å². The normalized spacial score (nSPS) is 11.3. The van der Waals surface area contributed by atoms with Gasteiger partial charge in [-0.1, -0.05) is 12.1 Å². The zero-order valence-electron chi connectivity index (χ0n) is 11.1. The van der Waals surface area contributed by atoms with Crippen LogP contribution in [0.25, 0.3) is 0 Å². The van der Waals surface area contributed by atoms with E-state index in [4.69, 9.17) is 5.73 Å². The Balaban J connectivity index is 2.74. The fourth-order valence-corrected chi connectivity index (χ4v) is 3.08. The molecule has 1 aromatic rings. The van der Waals surface area contributed by atoms with Gasteiger partial charge in [0, 0.05) is 19.5 Å². The molecular weight excluding hydrogens is 266 g/mol. The van der Waals surface area contributed by atoms with E-state index in [-0.39, 0.29) is 29.5 Å². The first kappa shape index (κ1) is 15.5. The van der Waals surface area contributed by atoms with Crippen molar-refractivity contribution >= 4 is 21.6 Å². The van der Waals surface area contributed by atoms with Crippen molar-refractivity contribution in [2.45, 2.75) is 25.2 Å². The average molecular weight is 285 g/mol. The SMILES string of the molecule is CCNC(=O)CCNS(=O)(=O)c1c(C)cccc1N. The topological polar surface area (TPSA) is 101 Å². The minimum absolute atomic E-state index is 0.0436. The summed E-state index contributed by atoms with van der Waals surface area (Å²) < 4.78 is 26.6. The van der Waals surface area contributed by atoms with Gasteiger partial charge in [0.1, 0.15) is 4.90 Å². The van der Waals surface area contributed by atoms with Crippen molar-refractivity contribution in [3.63, 3.8) is 0 Å². The van der Waals surface area contributed by atoms with Gasteiger partial charge in [0.25, 0.3) is 0 Å². The number of nitrogens with one attached hydrogen (secondary N) is 2. The van der Waals surface area contributed by atoms with E-state index in [0.717, 1.165) is 0 Å². The highest BCUT2D eigenvalue weighted by Crippen LogP contribution is 2.21. The van der Waals surface area contributed by atoms with Gasteiger partial charge in [-0.25, -0.2) is 13.1 Å². The fourth-order valence-electron chi connectivity index (χ4n) is 1.70. The molecule has 0 heterocycles. The summed E-state index contributed by atoms with van der Waals surface area (Å²) in [5, 5.41) is 2.60. The minimum Gasteiger partial charge on any atom is -0.398 e. The smallest absolute Gasteiger partial charge is 0.242 e. The van der Waals surface area contributed by atoms with Crippen LogP contribution in [0, 0.1) is 6.92 Å². The Hall–Kier alpha value is -1.60. The third-order valence-corrected chi connectivity index (χ3v) is 4.21. The van der Waals surface area contributed by atoms with E-state index in [2.05, 4.69) is 10.0 Å². The van der Waals surface area contributed by atoms with Crippen LogP contribution in [0.15, 0.2) is 23.1 Å². The number of sulfonamides is 1. The summed E-state index contributed by atoms with van der Waals surface area (Å²) in [5.41, 5.74) is 6.46. The van der Waals surface area contributed by atoms with Crippen molar-refractivity contribution < 1.29 is 13.2 Å². The second kappa shape index (κ2) is 6.53. The van der Waals surface area contributed by atoms with E-state index in [0.29, 0.717) is 12.1 Å². The number of nitrogen functional groups attached to an aromatic ring is 1. The molecule has 7 heteroatoms. The van der Waals surface area contributed by atoms with Crippen LogP contribution in [-0.4, -0.2) is 27.4 Å². The van der Waals surface area contributed by atoms with Crippen LogP contribution in [0.1, 0.15) is 18.9 Å². The second-order valence-corrected chi connectivity index (χ2v) is 5.80. The number of carbonyl (C=O) groups is 1. The molecule has 0 aliphatic heterocycles. The first-order chi connectivity index (χ1) is 8.88. The van der Waals surface area contributed by atoms with Crippen LogP contribution in [0.4, 0.5) is 5.69 Å². The Morgan fingerprint density at radius 1 is 1.37 bits per heavy atom. The standard InChI is InChI=1S/C12H19N3O3S/c1-3-14-11(16)7-8-15-19(17,18)12-9(2)5-4-6-10(12)13/h4-6,15H,3,7-8,13H2,1-2H3,(H,14,16). The lowest BCUT2D eigenvalue weighted by atomic mass is 10.2. The van der Waals surface area contributed by atoms with Gasteiger partial charge >= 0.3 is 0 Å². The molecule has 0 fully saturated rings. The predicted molar refractivity (Wildman–Crippen MR) is 74.1 cm³/mol. The molecule has 0 spiro atoms. The highest BCUT2D eigenvalue weighted by atomic mass is 32.2. The number of anilines is 1. The number of hydrogen-bond acceptors (Lipinski definition) is 4. The van der Waals surface area contributed by atoms with Gasteiger partial charge in [-0.2, -0.15) is 0 Å². The average Bonchev–Trinajstić information content (AvgIpc) is 2.28. The molecule has 0 unspecified atom stereocenters. The van der Waals surface area contributed by atoms with Crippen molar-refractivity contribution in [2.75, 3.05) is 18.8 Å². The van der Waals surface area contributed by atoms with Crippen LogP contribution >= 0.6 is 0 Å². The molecule has 1 aromatic carbocycles. The Labute approximate surface area is 113 Å². The van der Waals surface area contributed by atoms with E-state index in [1.165, 1.54) is 6.07 Å². The van der Waals surface area contributed by atoms with Crippen LogP contribution in [0.3, 0.4) is 0 Å². The van der Waals surface area contributed by atoms with Crippen molar-refractivity contribution in [3.05, 3.63) is 23.8 Å². The van der Waals surface area contributed by atoms with Gasteiger partial charge < -0.3 is 11.1 Å². The van der Waals surface area contributed by atoms with Crippen molar-refractivity contribution in [3.8, 4) is 0 Å². The fraction of sp³-hybridized carbons (Fsp3) is 0.417. The molecular formula is C12H19N3O3S. The number of rotatable bonds is 6. The maximum Gasteiger partial charge on any atom is 0.242 e. The minimum atomic E-state index is -3.69. The van der Waals surface area contributed by atoms with E-state index in [1.807, 2.05) is 0 Å². The van der Waals surface area contributed by atoms with Gasteiger partial charge in [-0.05, 0) is 25.5 Å². The van der Waals surface area contributed by atoms with Gasteiger partial charge in [-0.3, -0.25) is 4.79 Å². The lowest BCUT2D eigenvalue weighted by Gasteiger charge is -2.11. The van der Waals surface area contributed by atoms with Gasteiger partial charge in [0.05, 0.1) is 5.69 Å². The Morgan fingerprint density at radius 3 is 2.63 bits per heavy atom. The number of aryl methyl sites for hydroxylation is 1. The van der Waals surface area contributed by atoms with E-state index >= 15 is 0 Å². The summed E-state index contributed by atoms with van der Waals surface area (Å²) in [5.74, 6) is -0.192. The Morgan fingerprint density at radius 2 is 2.05 bits per heavy atom. The molecule has 0 saturated carbocycles. The molecule has 0 aliphatic carbocycles. The third kappa shape index (κ3) is 4.22. The van der Waals surface area contributed by atoms with Crippen LogP contribution in [0.2, 0.25) is 0 Å². The van der Waals surface area contributed by atoms with Crippen LogP contribution in [0.5, 0.6) is 0 Å². The quantitative estimate of drug-likeness (QED) is 0.658. The lowest BCUT2D eigenvalue weighted by molar-refractivity contribution is -0.120. The summed E-state index contributed by atoms with van der Waals surface area (Å²) >= 11 is 0. The summed E-state index contributed by atoms with van der Waals surface area (Å²) in [7, 11) is -3.69. The molecule has 1 amide bonds. The number of hydrogen-bond donors (Lipinski definition) is 3. The highest BCUT2D eigenvalue weighted by molar-refractivity contribution is 7.89. The predicted octanol–water partition coefficient (Wildman–Crippen LogP) is 0.382. The monoisotopic (exact) mass is 285 g/mol. The summed E-state index contributed by atoms with van der Waals surface area (Å²) in [4.78, 5) is 11.3. The second-order valence-electron chi connectivity index (χ2n) is 4.09. The molecule has 0 aliphatic rings. The lowest BCUT2D eigenvalue weighted by Crippen LogP contribution is -2.31. The molecule has 1 rings (SSSR count). The molecule has 0 radical (unpaired) electrons. The first-order valence-corrected chi connectivity index (χ1v) is 7.48. The molecule has 106 valence electrons. The largest absolute Gasteiger partial charge is 0.398 e. The van der Waals surface area contributed by atoms with Crippen LogP contribution < -0.4 is 15.8 Å². The summed E-state index contributed by atoms with van der Waals surface area (Å²) in [6.07, 6.45) is 0.0961. The Kier molecular flexibility index (Phi) is 5.31. The number of carbonyl (C=O) groups excluding carboxylic acids is 1. The maximum atomic E-state index is 12.1. The molecule has 4 N–H and O–H groups in total. The van der Waals surface area contributed by atoms with Crippen molar-refractivity contribution in [1.82, 2.24) is 10.0 Å². The summed E-state index contributed by atoms with van der Waals surface area (Å²) in [6, 6.07) is 4.90. The third-order valence-electron chi connectivity index (χ3n) is 2.53. The van der Waals surface area contributed by atoms with E-state index < -0.39 is 10.0 Å². The summed E-state index contributed by atoms with van der Waals surface area (Å²) in [6.45, 7) is 4.04. The zero-order chi connectivity index (χ0) is 14.5. The van der Waals surface area contributed by atoms with Crippen molar-refractivity contribution in [1.29, 1.82) is 0 Å². The molecule has 0 saturated heterocycles. The Bertz CT molecular complexity index is 535. The van der Waals surface area contributed by atoms with Crippen LogP contribution in [-0.2, 0) is 14.8 Å². The number of nitrogens with two attached hydrogens (primary N) is 1.